The van der Waals surface area contributed by atoms with Gasteiger partial charge in [-0.1, -0.05) is 15.9 Å². The van der Waals surface area contributed by atoms with Gasteiger partial charge in [0.1, 0.15) is 0 Å². The highest BCUT2D eigenvalue weighted by molar-refractivity contribution is 9.10. The lowest BCUT2D eigenvalue weighted by Crippen LogP contribution is -2.17. The number of aromatic nitrogens is 1. The molecule has 18 heavy (non-hydrogen) atoms. The van der Waals surface area contributed by atoms with Crippen molar-refractivity contribution in [3.05, 3.63) is 44.3 Å². The van der Waals surface area contributed by atoms with E-state index in [0.717, 1.165) is 34.0 Å². The molecule has 0 saturated carbocycles. The van der Waals surface area contributed by atoms with E-state index in [-0.39, 0.29) is 0 Å². The van der Waals surface area contributed by atoms with Crippen molar-refractivity contribution in [2.75, 3.05) is 12.8 Å². The third kappa shape index (κ3) is 3.54. The predicted octanol–water partition coefficient (Wildman–Crippen LogP) is 3.43. The molecule has 0 atom stereocenters. The van der Waals surface area contributed by atoms with Crippen LogP contribution in [0, 0.1) is 6.92 Å². The Labute approximate surface area is 120 Å². The summed E-state index contributed by atoms with van der Waals surface area (Å²) >= 11 is 5.24. The van der Waals surface area contributed by atoms with E-state index in [9.17, 15) is 0 Å². The van der Waals surface area contributed by atoms with Gasteiger partial charge in [0.15, 0.2) is 0 Å². The number of nitrogen functional groups attached to an aromatic ring is 1. The summed E-state index contributed by atoms with van der Waals surface area (Å²) in [6.45, 7) is 3.73. The monoisotopic (exact) mass is 325 g/mol. The Morgan fingerprint density at radius 2 is 2.17 bits per heavy atom. The number of thiazole rings is 1. The topological polar surface area (TPSA) is 42.2 Å². The van der Waals surface area contributed by atoms with Crippen LogP contribution in [0.2, 0.25) is 0 Å². The maximum Gasteiger partial charge on any atom is 0.0897 e. The van der Waals surface area contributed by atoms with Crippen molar-refractivity contribution in [2.45, 2.75) is 20.0 Å². The van der Waals surface area contributed by atoms with Crippen molar-refractivity contribution in [1.29, 1.82) is 0 Å². The molecule has 0 aliphatic heterocycles. The minimum atomic E-state index is 0.797. The zero-order chi connectivity index (χ0) is 13.1. The van der Waals surface area contributed by atoms with Crippen LogP contribution >= 0.6 is 27.3 Å². The van der Waals surface area contributed by atoms with Gasteiger partial charge >= 0.3 is 0 Å². The van der Waals surface area contributed by atoms with Gasteiger partial charge in [0, 0.05) is 28.6 Å². The quantitative estimate of drug-likeness (QED) is 0.876. The van der Waals surface area contributed by atoms with E-state index in [0.29, 0.717) is 0 Å². The number of anilines is 1. The van der Waals surface area contributed by atoms with Crippen LogP contribution in [-0.4, -0.2) is 16.9 Å². The van der Waals surface area contributed by atoms with Crippen molar-refractivity contribution >= 4 is 33.0 Å². The van der Waals surface area contributed by atoms with E-state index in [1.807, 2.05) is 25.1 Å². The average Bonchev–Trinajstić information content (AvgIpc) is 2.69. The van der Waals surface area contributed by atoms with E-state index >= 15 is 0 Å². The molecule has 0 fully saturated rings. The molecular weight excluding hydrogens is 310 g/mol. The first kappa shape index (κ1) is 13.5. The fourth-order valence-electron chi connectivity index (χ4n) is 1.82. The molecule has 1 aromatic heterocycles. The summed E-state index contributed by atoms with van der Waals surface area (Å²) in [6.07, 6.45) is 0. The fraction of sp³-hybridized carbons (Fsp3) is 0.308. The van der Waals surface area contributed by atoms with Gasteiger partial charge in [-0.05, 0) is 37.7 Å². The molecule has 2 N–H and O–H groups in total. The summed E-state index contributed by atoms with van der Waals surface area (Å²) in [5, 5.41) is 3.23. The van der Waals surface area contributed by atoms with E-state index in [1.165, 1.54) is 5.56 Å². The lowest BCUT2D eigenvalue weighted by atomic mass is 10.2. The molecule has 0 spiro atoms. The molecule has 0 aliphatic carbocycles. The Morgan fingerprint density at radius 1 is 1.39 bits per heavy atom. The van der Waals surface area contributed by atoms with E-state index in [1.54, 1.807) is 11.3 Å². The normalized spacial score (nSPS) is 11.1. The van der Waals surface area contributed by atoms with Gasteiger partial charge in [-0.15, -0.1) is 11.3 Å². The van der Waals surface area contributed by atoms with Crippen LogP contribution in [0.5, 0.6) is 0 Å². The van der Waals surface area contributed by atoms with Crippen molar-refractivity contribution in [3.8, 4) is 0 Å². The molecule has 0 saturated heterocycles. The summed E-state index contributed by atoms with van der Waals surface area (Å²) in [4.78, 5) is 6.70. The van der Waals surface area contributed by atoms with Gasteiger partial charge in [0.2, 0.25) is 0 Å². The van der Waals surface area contributed by atoms with Crippen LogP contribution in [0.25, 0.3) is 0 Å². The second kappa shape index (κ2) is 5.82. The largest absolute Gasteiger partial charge is 0.399 e. The Bertz CT molecular complexity index is 539. The highest BCUT2D eigenvalue weighted by Gasteiger charge is 2.07. The fourth-order valence-corrected chi connectivity index (χ4v) is 2.80. The Morgan fingerprint density at radius 3 is 2.83 bits per heavy atom. The second-order valence-corrected chi connectivity index (χ2v) is 6.30. The molecule has 2 rings (SSSR count). The number of aryl methyl sites for hydroxylation is 1. The standard InChI is InChI=1S/C13H16BrN3S/c1-9-16-12(8-18-9)7-17(2)6-10-5-11(15)3-4-13(10)14/h3-5,8H,6-7,15H2,1-2H3. The Kier molecular flexibility index (Phi) is 4.37. The number of nitrogens with zero attached hydrogens (tertiary/aromatic N) is 2. The minimum Gasteiger partial charge on any atom is -0.399 e. The van der Waals surface area contributed by atoms with Gasteiger partial charge in [0.05, 0.1) is 10.7 Å². The summed E-state index contributed by atoms with van der Waals surface area (Å²) in [5.41, 5.74) is 8.93. The first-order valence-corrected chi connectivity index (χ1v) is 7.35. The summed E-state index contributed by atoms with van der Waals surface area (Å²) < 4.78 is 1.10. The number of hydrogen-bond donors (Lipinski definition) is 1. The molecule has 1 heterocycles. The van der Waals surface area contributed by atoms with Gasteiger partial charge < -0.3 is 5.73 Å². The molecule has 2 aromatic rings. The van der Waals surface area contributed by atoms with Crippen LogP contribution in [0.1, 0.15) is 16.3 Å². The predicted molar refractivity (Wildman–Crippen MR) is 80.6 cm³/mol. The van der Waals surface area contributed by atoms with E-state index < -0.39 is 0 Å². The molecule has 0 bridgehead atoms. The average molecular weight is 326 g/mol. The molecular formula is C13H16BrN3S. The smallest absolute Gasteiger partial charge is 0.0897 e. The second-order valence-electron chi connectivity index (χ2n) is 4.38. The zero-order valence-electron chi connectivity index (χ0n) is 10.5. The lowest BCUT2D eigenvalue weighted by molar-refractivity contribution is 0.315. The van der Waals surface area contributed by atoms with Crippen molar-refractivity contribution in [3.63, 3.8) is 0 Å². The molecule has 0 aliphatic rings. The maximum atomic E-state index is 5.81. The Hall–Kier alpha value is -0.910. The maximum absolute atomic E-state index is 5.81. The number of halogens is 1. The van der Waals surface area contributed by atoms with E-state index in [4.69, 9.17) is 5.73 Å². The lowest BCUT2D eigenvalue weighted by Gasteiger charge is -2.16. The first-order chi connectivity index (χ1) is 8.54. The molecule has 0 radical (unpaired) electrons. The van der Waals surface area contributed by atoms with Gasteiger partial charge in [0.25, 0.3) is 0 Å². The molecule has 96 valence electrons. The summed E-state index contributed by atoms with van der Waals surface area (Å²) in [7, 11) is 2.09. The molecule has 3 nitrogen and oxygen atoms in total. The number of rotatable bonds is 4. The van der Waals surface area contributed by atoms with Crippen LogP contribution in [0.3, 0.4) is 0 Å². The van der Waals surface area contributed by atoms with Crippen molar-refractivity contribution in [2.24, 2.45) is 0 Å². The van der Waals surface area contributed by atoms with Crippen molar-refractivity contribution in [1.82, 2.24) is 9.88 Å². The third-order valence-corrected chi connectivity index (χ3v) is 4.20. The molecule has 1 aromatic carbocycles. The summed E-state index contributed by atoms with van der Waals surface area (Å²) in [5.74, 6) is 0. The number of benzene rings is 1. The first-order valence-electron chi connectivity index (χ1n) is 5.68. The molecule has 5 heteroatoms. The highest BCUT2D eigenvalue weighted by atomic mass is 79.9. The van der Waals surface area contributed by atoms with Gasteiger partial charge in [-0.3, -0.25) is 4.90 Å². The molecule has 0 unspecified atom stereocenters. The van der Waals surface area contributed by atoms with Crippen LogP contribution < -0.4 is 5.73 Å². The zero-order valence-corrected chi connectivity index (χ0v) is 12.9. The van der Waals surface area contributed by atoms with Gasteiger partial charge in [-0.25, -0.2) is 4.98 Å². The highest BCUT2D eigenvalue weighted by Crippen LogP contribution is 2.21. The summed E-state index contributed by atoms with van der Waals surface area (Å²) in [6, 6.07) is 5.90. The van der Waals surface area contributed by atoms with E-state index in [2.05, 4.69) is 38.2 Å². The minimum absolute atomic E-state index is 0.797. The van der Waals surface area contributed by atoms with Crippen LogP contribution in [0.4, 0.5) is 5.69 Å². The molecule has 0 amide bonds. The third-order valence-electron chi connectivity index (χ3n) is 2.61. The van der Waals surface area contributed by atoms with Gasteiger partial charge in [-0.2, -0.15) is 0 Å². The van der Waals surface area contributed by atoms with Crippen LogP contribution in [-0.2, 0) is 13.1 Å². The van der Waals surface area contributed by atoms with Crippen molar-refractivity contribution < 1.29 is 0 Å². The SMILES string of the molecule is Cc1nc(CN(C)Cc2cc(N)ccc2Br)cs1. The van der Waals surface area contributed by atoms with Crippen LogP contribution in [0.15, 0.2) is 28.1 Å². The number of nitrogens with two attached hydrogens (primary N) is 1. The Balaban J connectivity index is 2.02. The number of hydrogen-bond acceptors (Lipinski definition) is 4.